The van der Waals surface area contributed by atoms with Crippen LogP contribution in [0, 0.1) is 11.7 Å². The fourth-order valence-electron chi connectivity index (χ4n) is 3.00. The summed E-state index contributed by atoms with van der Waals surface area (Å²) >= 11 is 0. The second kappa shape index (κ2) is 6.16. The highest BCUT2D eigenvalue weighted by Gasteiger charge is 2.33. The Morgan fingerprint density at radius 1 is 1.55 bits per heavy atom. The van der Waals surface area contributed by atoms with Crippen molar-refractivity contribution in [1.82, 2.24) is 15.2 Å². The highest BCUT2D eigenvalue weighted by atomic mass is 19.1. The van der Waals surface area contributed by atoms with E-state index >= 15 is 0 Å². The van der Waals surface area contributed by atoms with Crippen molar-refractivity contribution in [2.45, 2.75) is 31.9 Å². The number of rotatable bonds is 5. The van der Waals surface area contributed by atoms with Gasteiger partial charge in [-0.2, -0.15) is 0 Å². The second-order valence-corrected chi connectivity index (χ2v) is 6.13. The van der Waals surface area contributed by atoms with Gasteiger partial charge in [0.15, 0.2) is 0 Å². The van der Waals surface area contributed by atoms with Crippen molar-refractivity contribution >= 4 is 0 Å². The molecule has 1 aliphatic heterocycles. The van der Waals surface area contributed by atoms with Gasteiger partial charge in [-0.3, -0.25) is 4.98 Å². The van der Waals surface area contributed by atoms with Crippen LogP contribution in [0.25, 0.3) is 0 Å². The number of aliphatic hydroxyl groups is 1. The topological polar surface area (TPSA) is 48.4 Å². The van der Waals surface area contributed by atoms with Crippen LogP contribution in [0.2, 0.25) is 0 Å². The molecule has 2 heterocycles. The lowest BCUT2D eigenvalue weighted by atomic mass is 9.97. The van der Waals surface area contributed by atoms with E-state index in [2.05, 4.69) is 22.1 Å². The van der Waals surface area contributed by atoms with Crippen LogP contribution >= 0.6 is 0 Å². The molecule has 5 heteroatoms. The highest BCUT2D eigenvalue weighted by Crippen LogP contribution is 2.25. The summed E-state index contributed by atoms with van der Waals surface area (Å²) in [5.41, 5.74) is 0.288. The number of hydrogen-bond donors (Lipinski definition) is 2. The molecule has 2 rings (SSSR count). The van der Waals surface area contributed by atoms with Crippen LogP contribution in [0.4, 0.5) is 4.39 Å². The minimum atomic E-state index is -0.566. The van der Waals surface area contributed by atoms with E-state index in [0.717, 1.165) is 25.2 Å². The van der Waals surface area contributed by atoms with Gasteiger partial charge in [-0.1, -0.05) is 6.92 Å². The third-order valence-electron chi connectivity index (χ3n) is 4.03. The first-order chi connectivity index (χ1) is 9.41. The Balaban J connectivity index is 1.99. The number of β-amino-alcohol motifs (C(OH)–C–C–N with tert-alkyl or cyclic N) is 1. The molecule has 0 amide bonds. The second-order valence-electron chi connectivity index (χ2n) is 6.13. The zero-order valence-corrected chi connectivity index (χ0v) is 12.4. The van der Waals surface area contributed by atoms with Crippen LogP contribution in [0.5, 0.6) is 0 Å². The van der Waals surface area contributed by atoms with Gasteiger partial charge in [0.2, 0.25) is 0 Å². The van der Waals surface area contributed by atoms with Crippen molar-refractivity contribution in [3.63, 3.8) is 0 Å². The minimum Gasteiger partial charge on any atom is -0.389 e. The van der Waals surface area contributed by atoms with Crippen LogP contribution in [0.3, 0.4) is 0 Å². The lowest BCUT2D eigenvalue weighted by molar-refractivity contribution is 0.0661. The van der Waals surface area contributed by atoms with E-state index in [0.29, 0.717) is 12.5 Å². The Labute approximate surface area is 120 Å². The van der Waals surface area contributed by atoms with E-state index in [1.54, 1.807) is 6.07 Å². The predicted molar refractivity (Wildman–Crippen MR) is 76.8 cm³/mol. The maximum atomic E-state index is 12.9. The molecular formula is C15H24FN3O. The van der Waals surface area contributed by atoms with Gasteiger partial charge in [-0.25, -0.2) is 4.39 Å². The summed E-state index contributed by atoms with van der Waals surface area (Å²) in [4.78, 5) is 6.44. The monoisotopic (exact) mass is 281 g/mol. The van der Waals surface area contributed by atoms with Gasteiger partial charge >= 0.3 is 0 Å². The Hall–Kier alpha value is -1.04. The van der Waals surface area contributed by atoms with Gasteiger partial charge in [-0.15, -0.1) is 0 Å². The lowest BCUT2D eigenvalue weighted by Crippen LogP contribution is -2.36. The van der Waals surface area contributed by atoms with Gasteiger partial charge in [0.05, 0.1) is 23.5 Å². The Morgan fingerprint density at radius 3 is 2.80 bits per heavy atom. The molecule has 0 saturated carbocycles. The normalized spacial score (nSPS) is 26.6. The van der Waals surface area contributed by atoms with Gasteiger partial charge in [0.1, 0.15) is 5.82 Å². The van der Waals surface area contributed by atoms with Crippen molar-refractivity contribution in [1.29, 1.82) is 0 Å². The maximum Gasteiger partial charge on any atom is 0.141 e. The quantitative estimate of drug-likeness (QED) is 0.860. The number of halogens is 1. The van der Waals surface area contributed by atoms with Crippen molar-refractivity contribution < 1.29 is 9.50 Å². The predicted octanol–water partition coefficient (Wildman–Crippen LogP) is 1.57. The summed E-state index contributed by atoms with van der Waals surface area (Å²) in [6, 6.07) is 3.26. The van der Waals surface area contributed by atoms with Crippen molar-refractivity contribution in [2.24, 2.45) is 5.92 Å². The first-order valence-electron chi connectivity index (χ1n) is 7.15. The minimum absolute atomic E-state index is 0.0844. The van der Waals surface area contributed by atoms with Crippen LogP contribution in [0.1, 0.15) is 32.0 Å². The standard InChI is InChI=1S/C15H24FN3O/c1-11(9-19-7-6-15(2,20)10-19)14(17-3)13-5-4-12(16)8-18-13/h4-5,8,11,14,17,20H,6-7,9-10H2,1-3H3. The van der Waals surface area contributed by atoms with E-state index in [1.807, 2.05) is 14.0 Å². The molecule has 0 aliphatic carbocycles. The molecule has 1 aromatic heterocycles. The molecule has 1 fully saturated rings. The fraction of sp³-hybridized carbons (Fsp3) is 0.667. The zero-order chi connectivity index (χ0) is 14.8. The van der Waals surface area contributed by atoms with E-state index in [1.165, 1.54) is 12.3 Å². The fourth-order valence-corrected chi connectivity index (χ4v) is 3.00. The summed E-state index contributed by atoms with van der Waals surface area (Å²) in [6.07, 6.45) is 2.08. The molecule has 0 bridgehead atoms. The first-order valence-corrected chi connectivity index (χ1v) is 7.15. The molecule has 3 unspecified atom stereocenters. The maximum absolute atomic E-state index is 12.9. The summed E-state index contributed by atoms with van der Waals surface area (Å²) in [5, 5.41) is 13.3. The summed E-state index contributed by atoms with van der Waals surface area (Å²) in [5.74, 6) is 0.0127. The number of likely N-dealkylation sites (tertiary alicyclic amines) is 1. The molecule has 0 aromatic carbocycles. The lowest BCUT2D eigenvalue weighted by Gasteiger charge is -2.28. The van der Waals surface area contributed by atoms with Gasteiger partial charge in [0.25, 0.3) is 0 Å². The SMILES string of the molecule is CNC(c1ccc(F)cn1)C(C)CN1CCC(C)(O)C1. The summed E-state index contributed by atoms with van der Waals surface area (Å²) in [6.45, 7) is 6.56. The molecule has 1 aromatic rings. The largest absolute Gasteiger partial charge is 0.389 e. The van der Waals surface area contributed by atoms with Crippen LogP contribution in [-0.2, 0) is 0 Å². The molecule has 1 saturated heterocycles. The van der Waals surface area contributed by atoms with Crippen molar-refractivity contribution in [3.8, 4) is 0 Å². The number of nitrogens with zero attached hydrogens (tertiary/aromatic N) is 2. The summed E-state index contributed by atoms with van der Waals surface area (Å²) in [7, 11) is 1.90. The number of hydrogen-bond acceptors (Lipinski definition) is 4. The smallest absolute Gasteiger partial charge is 0.141 e. The van der Waals surface area contributed by atoms with Crippen molar-refractivity contribution in [2.75, 3.05) is 26.7 Å². The number of nitrogens with one attached hydrogen (secondary N) is 1. The van der Waals surface area contributed by atoms with Crippen LogP contribution < -0.4 is 5.32 Å². The van der Waals surface area contributed by atoms with Gasteiger partial charge < -0.3 is 15.3 Å². The highest BCUT2D eigenvalue weighted by molar-refractivity contribution is 5.11. The number of aromatic nitrogens is 1. The molecule has 20 heavy (non-hydrogen) atoms. The molecule has 0 radical (unpaired) electrons. The Bertz CT molecular complexity index is 435. The van der Waals surface area contributed by atoms with Crippen LogP contribution in [-0.4, -0.2) is 47.3 Å². The van der Waals surface area contributed by atoms with E-state index < -0.39 is 5.60 Å². The molecule has 112 valence electrons. The van der Waals surface area contributed by atoms with E-state index in [9.17, 15) is 9.50 Å². The van der Waals surface area contributed by atoms with E-state index in [-0.39, 0.29) is 11.9 Å². The molecule has 0 spiro atoms. The molecule has 2 N–H and O–H groups in total. The number of pyridine rings is 1. The van der Waals surface area contributed by atoms with Gasteiger partial charge in [-0.05, 0) is 38.4 Å². The van der Waals surface area contributed by atoms with E-state index in [4.69, 9.17) is 0 Å². The van der Waals surface area contributed by atoms with Gasteiger partial charge in [0, 0.05) is 19.6 Å². The summed E-state index contributed by atoms with van der Waals surface area (Å²) < 4.78 is 12.9. The molecule has 4 nitrogen and oxygen atoms in total. The van der Waals surface area contributed by atoms with Crippen LogP contribution in [0.15, 0.2) is 18.3 Å². The Kier molecular flexibility index (Phi) is 4.73. The third kappa shape index (κ3) is 3.75. The van der Waals surface area contributed by atoms with Crippen molar-refractivity contribution in [3.05, 3.63) is 29.8 Å². The third-order valence-corrected chi connectivity index (χ3v) is 4.03. The average Bonchev–Trinajstić information content (AvgIpc) is 2.72. The molecular weight excluding hydrogens is 257 g/mol. The average molecular weight is 281 g/mol. The molecule has 1 aliphatic rings. The zero-order valence-electron chi connectivity index (χ0n) is 12.4. The Morgan fingerprint density at radius 2 is 2.30 bits per heavy atom. The first kappa shape index (κ1) is 15.4. The molecule has 3 atom stereocenters.